The van der Waals surface area contributed by atoms with Gasteiger partial charge >= 0.3 is 12.0 Å². The Bertz CT molecular complexity index is 530. The Hall–Kier alpha value is -2.58. The molecule has 1 aliphatic heterocycles. The van der Waals surface area contributed by atoms with E-state index >= 15 is 0 Å². The van der Waals surface area contributed by atoms with Gasteiger partial charge in [-0.2, -0.15) is 0 Å². The Morgan fingerprint density at radius 2 is 2.38 bits per heavy atom. The first-order chi connectivity index (χ1) is 9.97. The molecule has 114 valence electrons. The number of likely N-dealkylation sites (N-methyl/N-ethyl adjacent to an activating group) is 1. The van der Waals surface area contributed by atoms with Crippen LogP contribution in [0.4, 0.5) is 4.79 Å². The highest BCUT2D eigenvalue weighted by Crippen LogP contribution is 2.08. The summed E-state index contributed by atoms with van der Waals surface area (Å²) < 4.78 is 0. The van der Waals surface area contributed by atoms with Crippen LogP contribution in [0.3, 0.4) is 0 Å². The number of H-pyrrole nitrogens is 1. The van der Waals surface area contributed by atoms with E-state index in [1.54, 1.807) is 7.05 Å². The van der Waals surface area contributed by atoms with Crippen LogP contribution in [-0.4, -0.2) is 63.6 Å². The van der Waals surface area contributed by atoms with Crippen molar-refractivity contribution in [3.63, 3.8) is 0 Å². The molecule has 2 heterocycles. The number of carbonyl (C=O) groups excluding carboxylic acids is 2. The summed E-state index contributed by atoms with van der Waals surface area (Å²) in [4.78, 5) is 42.7. The van der Waals surface area contributed by atoms with E-state index in [9.17, 15) is 14.4 Å². The van der Waals surface area contributed by atoms with Crippen molar-refractivity contribution in [2.45, 2.75) is 24.9 Å². The van der Waals surface area contributed by atoms with Gasteiger partial charge in [0, 0.05) is 31.9 Å². The Kier molecular flexibility index (Phi) is 4.41. The van der Waals surface area contributed by atoms with Crippen LogP contribution in [0, 0.1) is 0 Å². The molecule has 0 spiro atoms. The van der Waals surface area contributed by atoms with Crippen LogP contribution in [-0.2, 0) is 16.0 Å². The van der Waals surface area contributed by atoms with Gasteiger partial charge in [0.15, 0.2) is 0 Å². The maximum atomic E-state index is 11.8. The third kappa shape index (κ3) is 3.71. The third-order valence-corrected chi connectivity index (χ3v) is 3.32. The molecule has 9 nitrogen and oxygen atoms in total. The minimum atomic E-state index is -1.16. The molecule has 0 aliphatic carbocycles. The molecular weight excluding hydrogens is 278 g/mol. The zero-order chi connectivity index (χ0) is 15.4. The predicted octanol–water partition coefficient (Wildman–Crippen LogP) is -1.06. The Balaban J connectivity index is 1.89. The fourth-order valence-corrected chi connectivity index (χ4v) is 2.13. The molecule has 0 aromatic carbocycles. The minimum Gasteiger partial charge on any atom is -0.480 e. The summed E-state index contributed by atoms with van der Waals surface area (Å²) in [7, 11) is 1.65. The van der Waals surface area contributed by atoms with Gasteiger partial charge < -0.3 is 25.6 Å². The van der Waals surface area contributed by atoms with Crippen molar-refractivity contribution >= 4 is 17.9 Å². The summed E-state index contributed by atoms with van der Waals surface area (Å²) in [5.41, 5.74) is 0.597. The summed E-state index contributed by atoms with van der Waals surface area (Å²) in [5, 5.41) is 14.0. The van der Waals surface area contributed by atoms with Crippen molar-refractivity contribution in [3.8, 4) is 0 Å². The Morgan fingerprint density at radius 1 is 1.62 bits per heavy atom. The highest BCUT2D eigenvalue weighted by Gasteiger charge is 2.31. The average molecular weight is 295 g/mol. The monoisotopic (exact) mass is 295 g/mol. The van der Waals surface area contributed by atoms with E-state index in [0.717, 1.165) is 0 Å². The van der Waals surface area contributed by atoms with Gasteiger partial charge in [-0.05, 0) is 6.42 Å². The van der Waals surface area contributed by atoms with E-state index in [-0.39, 0.29) is 12.3 Å². The topological polar surface area (TPSA) is 127 Å². The molecule has 2 rings (SSSR count). The predicted molar refractivity (Wildman–Crippen MR) is 71.4 cm³/mol. The summed E-state index contributed by atoms with van der Waals surface area (Å²) >= 11 is 0. The van der Waals surface area contributed by atoms with Crippen LogP contribution in [0.2, 0.25) is 0 Å². The number of carboxylic acids is 1. The number of nitrogens with one attached hydrogen (secondary N) is 3. The fourth-order valence-electron chi connectivity index (χ4n) is 2.13. The first kappa shape index (κ1) is 14.8. The third-order valence-electron chi connectivity index (χ3n) is 3.32. The van der Waals surface area contributed by atoms with Gasteiger partial charge in [-0.3, -0.25) is 4.79 Å². The van der Waals surface area contributed by atoms with Crippen molar-refractivity contribution in [2.75, 3.05) is 13.6 Å². The van der Waals surface area contributed by atoms with E-state index in [0.29, 0.717) is 18.7 Å². The van der Waals surface area contributed by atoms with Crippen molar-refractivity contribution in [2.24, 2.45) is 0 Å². The molecule has 4 N–H and O–H groups in total. The lowest BCUT2D eigenvalue weighted by Gasteiger charge is -2.17. The average Bonchev–Trinajstić information content (AvgIpc) is 3.03. The molecule has 0 saturated carbocycles. The lowest BCUT2D eigenvalue weighted by Crippen LogP contribution is -2.51. The second kappa shape index (κ2) is 6.25. The van der Waals surface area contributed by atoms with Crippen LogP contribution in [0.15, 0.2) is 12.5 Å². The van der Waals surface area contributed by atoms with Crippen molar-refractivity contribution < 1.29 is 19.5 Å². The number of hydrogen-bond donors (Lipinski definition) is 4. The van der Waals surface area contributed by atoms with E-state index in [1.807, 2.05) is 0 Å². The number of likely N-dealkylation sites (tertiary alicyclic amines) is 1. The second-order valence-corrected chi connectivity index (χ2v) is 4.89. The number of nitrogens with zero attached hydrogens (tertiary/aromatic N) is 2. The second-order valence-electron chi connectivity index (χ2n) is 4.89. The highest BCUT2D eigenvalue weighted by atomic mass is 16.4. The molecule has 1 saturated heterocycles. The quantitative estimate of drug-likeness (QED) is 0.550. The summed E-state index contributed by atoms with van der Waals surface area (Å²) in [6, 6.07) is -2.37. The summed E-state index contributed by atoms with van der Waals surface area (Å²) in [6.07, 6.45) is 3.52. The molecule has 1 fully saturated rings. The van der Waals surface area contributed by atoms with E-state index in [4.69, 9.17) is 5.11 Å². The number of urea groups is 1. The van der Waals surface area contributed by atoms with Gasteiger partial charge in [0.2, 0.25) is 5.91 Å². The van der Waals surface area contributed by atoms with Gasteiger partial charge in [0.25, 0.3) is 0 Å². The number of aromatic nitrogens is 2. The molecule has 21 heavy (non-hydrogen) atoms. The van der Waals surface area contributed by atoms with E-state index in [2.05, 4.69) is 20.6 Å². The van der Waals surface area contributed by atoms with Crippen molar-refractivity contribution in [1.29, 1.82) is 0 Å². The highest BCUT2D eigenvalue weighted by molar-refractivity contribution is 5.89. The number of aliphatic carboxylic acids is 1. The molecule has 2 atom stereocenters. The molecular formula is C12H17N5O4. The molecule has 1 aromatic heterocycles. The smallest absolute Gasteiger partial charge is 0.326 e. The maximum absolute atomic E-state index is 11.8. The number of aromatic amines is 1. The number of carboxylic acid groups (broad SMARTS) is 1. The van der Waals surface area contributed by atoms with Crippen LogP contribution in [0.5, 0.6) is 0 Å². The van der Waals surface area contributed by atoms with Crippen LogP contribution in [0.1, 0.15) is 12.1 Å². The minimum absolute atomic E-state index is 0.0846. The maximum Gasteiger partial charge on any atom is 0.326 e. The largest absolute Gasteiger partial charge is 0.480 e. The van der Waals surface area contributed by atoms with Crippen LogP contribution in [0.25, 0.3) is 0 Å². The lowest BCUT2D eigenvalue weighted by molar-refractivity contribution is -0.139. The zero-order valence-electron chi connectivity index (χ0n) is 11.5. The number of hydrogen-bond acceptors (Lipinski definition) is 4. The first-order valence-corrected chi connectivity index (χ1v) is 6.49. The molecule has 1 aromatic rings. The van der Waals surface area contributed by atoms with E-state index in [1.165, 1.54) is 17.4 Å². The van der Waals surface area contributed by atoms with Gasteiger partial charge in [-0.1, -0.05) is 0 Å². The van der Waals surface area contributed by atoms with Crippen LogP contribution >= 0.6 is 0 Å². The van der Waals surface area contributed by atoms with Gasteiger partial charge in [0.1, 0.15) is 12.1 Å². The molecule has 0 radical (unpaired) electrons. The number of carbonyl (C=O) groups is 3. The van der Waals surface area contributed by atoms with Gasteiger partial charge in [0.05, 0.1) is 6.33 Å². The molecule has 3 amide bonds. The van der Waals surface area contributed by atoms with Gasteiger partial charge in [-0.15, -0.1) is 0 Å². The van der Waals surface area contributed by atoms with Crippen molar-refractivity contribution in [3.05, 3.63) is 18.2 Å². The Morgan fingerprint density at radius 3 is 2.90 bits per heavy atom. The molecule has 0 bridgehead atoms. The van der Waals surface area contributed by atoms with Crippen molar-refractivity contribution in [1.82, 2.24) is 25.5 Å². The van der Waals surface area contributed by atoms with Gasteiger partial charge in [-0.25, -0.2) is 14.6 Å². The van der Waals surface area contributed by atoms with Crippen LogP contribution < -0.4 is 10.6 Å². The normalized spacial score (nSPS) is 19.4. The number of imidazole rings is 1. The first-order valence-electron chi connectivity index (χ1n) is 6.49. The van der Waals surface area contributed by atoms with E-state index < -0.39 is 24.1 Å². The molecule has 9 heteroatoms. The molecule has 1 aliphatic rings. The standard InChI is InChI=1S/C12H17N5O4/c1-17-3-2-8(10(17)18)15-12(21)16-9(11(19)20)4-7-5-13-6-14-7/h5-6,8-9H,2-4H2,1H3,(H,13,14)(H,19,20)(H2,15,16,21)/t8?,9-/m1/s1. The summed E-state index contributed by atoms with van der Waals surface area (Å²) in [5.74, 6) is -1.33. The number of amides is 3. The SMILES string of the molecule is CN1CCC(NC(=O)N[C@H](Cc2cnc[nH]2)C(=O)O)C1=O. The molecule has 1 unspecified atom stereocenters. The summed E-state index contributed by atoms with van der Waals surface area (Å²) in [6.45, 7) is 0.570. The number of rotatable bonds is 5. The lowest BCUT2D eigenvalue weighted by atomic mass is 10.1. The zero-order valence-corrected chi connectivity index (χ0v) is 11.5. The Labute approximate surface area is 120 Å². The fraction of sp³-hybridized carbons (Fsp3) is 0.500.